The molecule has 1 saturated carbocycles. The molecule has 0 saturated heterocycles. The molecule has 7 heteroatoms. The van der Waals surface area contributed by atoms with Crippen LogP contribution in [0.25, 0.3) is 28.2 Å². The zero-order chi connectivity index (χ0) is 22.5. The van der Waals surface area contributed by atoms with Crippen LogP contribution in [0.2, 0.25) is 5.15 Å². The van der Waals surface area contributed by atoms with Gasteiger partial charge in [0, 0.05) is 11.1 Å². The molecule has 2 N–H and O–H groups in total. The highest BCUT2D eigenvalue weighted by Crippen LogP contribution is 2.42. The minimum Gasteiger partial charge on any atom is -0.465 e. The number of nitrogens with one attached hydrogen (secondary N) is 1. The third-order valence-corrected chi connectivity index (χ3v) is 6.92. The minimum atomic E-state index is -0.991. The van der Waals surface area contributed by atoms with Crippen LogP contribution in [0, 0.1) is 13.8 Å². The highest BCUT2D eigenvalue weighted by molar-refractivity contribution is 6.30. The van der Waals surface area contributed by atoms with Crippen LogP contribution in [0.4, 0.5) is 4.79 Å². The van der Waals surface area contributed by atoms with E-state index in [0.29, 0.717) is 5.15 Å². The second kappa shape index (κ2) is 7.64. The van der Waals surface area contributed by atoms with Crippen molar-refractivity contribution in [3.05, 3.63) is 76.4 Å². The molecular weight excluding hydrogens is 424 g/mol. The van der Waals surface area contributed by atoms with Gasteiger partial charge in [0.2, 0.25) is 0 Å². The fraction of sp³-hybridized carbons (Fsp3) is 0.240. The van der Waals surface area contributed by atoms with E-state index in [1.807, 2.05) is 73.0 Å². The van der Waals surface area contributed by atoms with Gasteiger partial charge in [-0.25, -0.2) is 14.3 Å². The van der Waals surface area contributed by atoms with Gasteiger partial charge in [-0.05, 0) is 49.8 Å². The van der Waals surface area contributed by atoms with Crippen LogP contribution < -0.4 is 5.32 Å². The van der Waals surface area contributed by atoms with Gasteiger partial charge in [-0.15, -0.1) is 0 Å². The molecule has 2 aromatic heterocycles. The van der Waals surface area contributed by atoms with Crippen LogP contribution in [0.3, 0.4) is 0 Å². The van der Waals surface area contributed by atoms with Crippen molar-refractivity contribution in [2.24, 2.45) is 0 Å². The molecule has 0 aliphatic heterocycles. The summed E-state index contributed by atoms with van der Waals surface area (Å²) in [5.41, 5.74) is 6.79. The quantitative estimate of drug-likeness (QED) is 0.404. The maximum Gasteiger partial charge on any atom is 0.405 e. The third-order valence-electron chi connectivity index (χ3n) is 6.56. The van der Waals surface area contributed by atoms with Crippen molar-refractivity contribution in [1.82, 2.24) is 19.9 Å². The number of nitrogens with zero attached hydrogens (tertiary/aromatic N) is 3. The van der Waals surface area contributed by atoms with E-state index in [9.17, 15) is 9.90 Å². The first kappa shape index (κ1) is 20.5. The van der Waals surface area contributed by atoms with Gasteiger partial charge in [0.25, 0.3) is 0 Å². The summed E-state index contributed by atoms with van der Waals surface area (Å²) in [6.07, 6.45) is 1.64. The molecule has 1 fully saturated rings. The molecule has 32 heavy (non-hydrogen) atoms. The highest BCUT2D eigenvalue weighted by atomic mass is 35.5. The standard InChI is InChI=1S/C25H23ClN4O2/c1-15-16(2)23-27-20(21(30(23)29-22(15)26)18-7-4-3-5-8-18)17-9-11-19(12-10-17)25(13-6-14-25)28-24(31)32/h3-5,7-12,28H,6,13-14H2,1-2H3,(H,31,32). The molecule has 6 nitrogen and oxygen atoms in total. The first-order valence-electron chi connectivity index (χ1n) is 10.6. The van der Waals surface area contributed by atoms with Crippen molar-refractivity contribution in [3.8, 4) is 22.5 Å². The van der Waals surface area contributed by atoms with Gasteiger partial charge >= 0.3 is 6.09 Å². The summed E-state index contributed by atoms with van der Waals surface area (Å²) >= 11 is 6.43. The molecule has 2 heterocycles. The van der Waals surface area contributed by atoms with E-state index in [1.54, 1.807) is 0 Å². The molecule has 0 spiro atoms. The summed E-state index contributed by atoms with van der Waals surface area (Å²) in [7, 11) is 0. The maximum atomic E-state index is 11.3. The molecule has 4 aromatic rings. The maximum absolute atomic E-state index is 11.3. The summed E-state index contributed by atoms with van der Waals surface area (Å²) in [5, 5.41) is 17.1. The Morgan fingerprint density at radius 3 is 2.31 bits per heavy atom. The van der Waals surface area contributed by atoms with Crippen LogP contribution in [0.15, 0.2) is 54.6 Å². The topological polar surface area (TPSA) is 79.5 Å². The fourth-order valence-corrected chi connectivity index (χ4v) is 4.68. The van der Waals surface area contributed by atoms with E-state index in [-0.39, 0.29) is 0 Å². The molecule has 0 radical (unpaired) electrons. The number of rotatable bonds is 4. The van der Waals surface area contributed by atoms with Gasteiger partial charge in [-0.3, -0.25) is 0 Å². The molecule has 0 atom stereocenters. The van der Waals surface area contributed by atoms with Gasteiger partial charge in [-0.2, -0.15) is 5.10 Å². The van der Waals surface area contributed by atoms with E-state index < -0.39 is 11.6 Å². The lowest BCUT2D eigenvalue weighted by molar-refractivity contribution is 0.144. The van der Waals surface area contributed by atoms with Gasteiger partial charge in [0.05, 0.1) is 11.2 Å². The molecule has 5 rings (SSSR count). The van der Waals surface area contributed by atoms with E-state index in [2.05, 4.69) is 10.4 Å². The molecule has 162 valence electrons. The predicted molar refractivity (Wildman–Crippen MR) is 125 cm³/mol. The number of hydrogen-bond acceptors (Lipinski definition) is 3. The number of halogens is 1. The Balaban J connectivity index is 1.67. The van der Waals surface area contributed by atoms with Gasteiger partial charge in [-0.1, -0.05) is 66.2 Å². The first-order chi connectivity index (χ1) is 15.4. The Kier molecular flexibility index (Phi) is 4.90. The van der Waals surface area contributed by atoms with E-state index in [1.165, 1.54) is 0 Å². The molecular formula is C25H23ClN4O2. The van der Waals surface area contributed by atoms with Crippen LogP contribution in [0.1, 0.15) is 36.0 Å². The van der Waals surface area contributed by atoms with Crippen LogP contribution in [-0.2, 0) is 5.54 Å². The number of benzene rings is 2. The van der Waals surface area contributed by atoms with Crippen molar-refractivity contribution in [2.75, 3.05) is 0 Å². The lowest BCUT2D eigenvalue weighted by Gasteiger charge is -2.42. The minimum absolute atomic E-state index is 0.457. The number of carbonyl (C=O) groups is 1. The Morgan fingerprint density at radius 2 is 1.72 bits per heavy atom. The predicted octanol–water partition coefficient (Wildman–Crippen LogP) is 5.98. The monoisotopic (exact) mass is 446 g/mol. The SMILES string of the molecule is Cc1c(Cl)nn2c(-c3ccccc3)c(-c3ccc(C4(NC(=O)O)CCC4)cc3)nc2c1C. The highest BCUT2D eigenvalue weighted by Gasteiger charge is 2.40. The number of aromatic nitrogens is 3. The van der Waals surface area contributed by atoms with E-state index >= 15 is 0 Å². The molecule has 1 amide bonds. The van der Waals surface area contributed by atoms with E-state index in [0.717, 1.165) is 64.1 Å². The number of hydrogen-bond donors (Lipinski definition) is 2. The fourth-order valence-electron chi connectivity index (χ4n) is 4.46. The average molecular weight is 447 g/mol. The molecule has 0 bridgehead atoms. The molecule has 0 unspecified atom stereocenters. The molecule has 2 aromatic carbocycles. The molecule has 1 aliphatic rings. The largest absolute Gasteiger partial charge is 0.465 e. The summed E-state index contributed by atoms with van der Waals surface area (Å²) in [4.78, 5) is 16.3. The van der Waals surface area contributed by atoms with Gasteiger partial charge in [0.1, 0.15) is 5.69 Å². The van der Waals surface area contributed by atoms with Crippen LogP contribution in [0.5, 0.6) is 0 Å². The first-order valence-corrected chi connectivity index (χ1v) is 11.0. The van der Waals surface area contributed by atoms with Crippen molar-refractivity contribution < 1.29 is 9.90 Å². The summed E-state index contributed by atoms with van der Waals surface area (Å²) in [6.45, 7) is 3.95. The van der Waals surface area contributed by atoms with Crippen molar-refractivity contribution >= 4 is 23.3 Å². The third kappa shape index (κ3) is 3.22. The number of fused-ring (bicyclic) bond motifs is 1. The summed E-state index contributed by atoms with van der Waals surface area (Å²) in [5.74, 6) is 0. The van der Waals surface area contributed by atoms with Crippen molar-refractivity contribution in [2.45, 2.75) is 38.6 Å². The number of amides is 1. The Labute approximate surface area is 190 Å². The number of aryl methyl sites for hydroxylation is 1. The number of imidazole rings is 1. The van der Waals surface area contributed by atoms with Crippen LogP contribution in [-0.4, -0.2) is 25.8 Å². The van der Waals surface area contributed by atoms with Gasteiger partial charge in [0.15, 0.2) is 10.8 Å². The Bertz CT molecular complexity index is 1330. The Morgan fingerprint density at radius 1 is 1.03 bits per heavy atom. The van der Waals surface area contributed by atoms with Crippen molar-refractivity contribution in [1.29, 1.82) is 0 Å². The summed E-state index contributed by atoms with van der Waals surface area (Å²) < 4.78 is 1.82. The smallest absolute Gasteiger partial charge is 0.405 e. The lowest BCUT2D eigenvalue weighted by atomic mass is 9.72. The Hall–Kier alpha value is -3.38. The van der Waals surface area contributed by atoms with Crippen LogP contribution >= 0.6 is 11.6 Å². The normalized spacial score (nSPS) is 14.8. The summed E-state index contributed by atoms with van der Waals surface area (Å²) in [6, 6.07) is 18.0. The average Bonchev–Trinajstić information content (AvgIpc) is 3.14. The number of carboxylic acid groups (broad SMARTS) is 1. The lowest BCUT2D eigenvalue weighted by Crippen LogP contribution is -2.50. The second-order valence-corrected chi connectivity index (χ2v) is 8.75. The van der Waals surface area contributed by atoms with E-state index in [4.69, 9.17) is 16.6 Å². The zero-order valence-corrected chi connectivity index (χ0v) is 18.6. The molecule has 1 aliphatic carbocycles. The zero-order valence-electron chi connectivity index (χ0n) is 17.9. The second-order valence-electron chi connectivity index (χ2n) is 8.39. The van der Waals surface area contributed by atoms with Crippen molar-refractivity contribution in [3.63, 3.8) is 0 Å². The van der Waals surface area contributed by atoms with Gasteiger partial charge < -0.3 is 10.4 Å².